The Kier molecular flexibility index (Phi) is 8.49. The molecule has 0 bridgehead atoms. The number of halogens is 8. The Bertz CT molecular complexity index is 2010. The van der Waals surface area contributed by atoms with Gasteiger partial charge in [-0.25, -0.2) is 8.78 Å². The SMILES string of the molecule is [C-]#[N+]C([N+]#[C-])=C1Cc2c(SC(F)(F)F)c3c(c(SC(F)(F)F)c2=C1c1cccc(F)c1)CC(=C(C#N)C#N)C=3c1cccc(F)c1. The number of alkyl halides is 6. The first-order valence-electron chi connectivity index (χ1n) is 12.7. The number of hydrogen-bond donors (Lipinski definition) is 0. The zero-order chi connectivity index (χ0) is 33.6. The number of hydrogen-bond acceptors (Lipinski definition) is 4. The molecule has 0 fully saturated rings. The van der Waals surface area contributed by atoms with Gasteiger partial charge in [-0.1, -0.05) is 24.3 Å². The van der Waals surface area contributed by atoms with Crippen molar-refractivity contribution in [3.63, 3.8) is 0 Å². The fourth-order valence-corrected chi connectivity index (χ4v) is 7.32. The summed E-state index contributed by atoms with van der Waals surface area (Å²) in [6.07, 6.45) is -1.21. The molecule has 0 radical (unpaired) electrons. The summed E-state index contributed by atoms with van der Waals surface area (Å²) in [5, 5.41) is 18.7. The molecule has 0 amide bonds. The number of allylic oxidation sites excluding steroid dienone is 3. The average Bonchev–Trinajstić information content (AvgIpc) is 3.56. The smallest absolute Gasteiger partial charge is 0.207 e. The van der Waals surface area contributed by atoms with E-state index in [9.17, 15) is 45.6 Å². The summed E-state index contributed by atoms with van der Waals surface area (Å²) in [7, 11) is 0. The fraction of sp³-hybridized carbons (Fsp3) is 0.125. The zero-order valence-corrected chi connectivity index (χ0v) is 24.3. The normalized spacial score (nSPS) is 13.8. The molecule has 2 aliphatic rings. The lowest BCUT2D eigenvalue weighted by atomic mass is 9.95. The van der Waals surface area contributed by atoms with Gasteiger partial charge in [0.05, 0.1) is 5.57 Å². The highest BCUT2D eigenvalue weighted by molar-refractivity contribution is 8.00. The van der Waals surface area contributed by atoms with Gasteiger partial charge in [0.2, 0.25) is 0 Å². The van der Waals surface area contributed by atoms with Gasteiger partial charge in [0.25, 0.3) is 0 Å². The van der Waals surface area contributed by atoms with Gasteiger partial charge in [-0.05, 0) is 93.2 Å². The van der Waals surface area contributed by atoms with Crippen molar-refractivity contribution < 1.29 is 35.1 Å². The van der Waals surface area contributed by atoms with E-state index in [2.05, 4.69) is 9.69 Å². The van der Waals surface area contributed by atoms with E-state index in [4.69, 9.17) is 13.1 Å². The van der Waals surface area contributed by atoms with Gasteiger partial charge < -0.3 is 0 Å². The number of benzene rings is 3. The van der Waals surface area contributed by atoms with Crippen molar-refractivity contribution in [1.82, 2.24) is 0 Å². The molecular formula is C32H12F8N4S2. The van der Waals surface area contributed by atoms with Gasteiger partial charge >= 0.3 is 16.8 Å². The molecule has 0 heterocycles. The summed E-state index contributed by atoms with van der Waals surface area (Å²) >= 11 is -1.32. The molecule has 5 rings (SSSR count). The van der Waals surface area contributed by atoms with E-state index in [1.165, 1.54) is 24.3 Å². The molecule has 3 aromatic rings. The second-order valence-electron chi connectivity index (χ2n) is 9.69. The molecule has 0 saturated carbocycles. The quantitative estimate of drug-likeness (QED) is 0.122. The first kappa shape index (κ1) is 32.4. The predicted octanol–water partition coefficient (Wildman–Crippen LogP) is 8.09. The maximum absolute atomic E-state index is 14.5. The van der Waals surface area contributed by atoms with Crippen LogP contribution in [0.4, 0.5) is 35.1 Å². The number of nitrogens with zero attached hydrogens (tertiary/aromatic N) is 4. The number of rotatable bonds is 4. The Morgan fingerprint density at radius 1 is 0.696 bits per heavy atom. The molecule has 0 saturated heterocycles. The number of fused-ring (bicyclic) bond motifs is 2. The molecule has 0 N–H and O–H groups in total. The Balaban J connectivity index is 2.17. The predicted molar refractivity (Wildman–Crippen MR) is 153 cm³/mol. The molecule has 0 atom stereocenters. The van der Waals surface area contributed by atoms with E-state index in [1.807, 2.05) is 0 Å². The van der Waals surface area contributed by atoms with Crippen molar-refractivity contribution in [2.75, 3.05) is 0 Å². The lowest BCUT2D eigenvalue weighted by molar-refractivity contribution is -0.0339. The summed E-state index contributed by atoms with van der Waals surface area (Å²) in [5.74, 6) is -2.30. The van der Waals surface area contributed by atoms with E-state index >= 15 is 0 Å². The van der Waals surface area contributed by atoms with Crippen LogP contribution in [0.15, 0.2) is 80.9 Å². The van der Waals surface area contributed by atoms with Gasteiger partial charge in [0.15, 0.2) is 0 Å². The van der Waals surface area contributed by atoms with Gasteiger partial charge in [0, 0.05) is 26.6 Å². The van der Waals surface area contributed by atoms with Crippen LogP contribution < -0.4 is 10.4 Å². The summed E-state index contributed by atoms with van der Waals surface area (Å²) in [6, 6.07) is 12.2. The minimum Gasteiger partial charge on any atom is -0.207 e. The molecule has 46 heavy (non-hydrogen) atoms. The van der Waals surface area contributed by atoms with Crippen LogP contribution in [0, 0.1) is 47.4 Å². The largest absolute Gasteiger partial charge is 0.523 e. The van der Waals surface area contributed by atoms with E-state index in [0.717, 1.165) is 24.3 Å². The Labute approximate surface area is 263 Å². The van der Waals surface area contributed by atoms with Crippen LogP contribution in [0.1, 0.15) is 22.3 Å². The summed E-state index contributed by atoms with van der Waals surface area (Å²) < 4.78 is 115. The first-order valence-corrected chi connectivity index (χ1v) is 14.4. The van der Waals surface area contributed by atoms with E-state index in [0.29, 0.717) is 0 Å². The van der Waals surface area contributed by atoms with Crippen LogP contribution in [-0.4, -0.2) is 11.0 Å². The van der Waals surface area contributed by atoms with Crippen LogP contribution in [0.25, 0.3) is 20.8 Å². The van der Waals surface area contributed by atoms with E-state index < -0.39 is 80.2 Å². The molecule has 228 valence electrons. The van der Waals surface area contributed by atoms with Crippen molar-refractivity contribution in [2.24, 2.45) is 0 Å². The van der Waals surface area contributed by atoms with Crippen molar-refractivity contribution >= 4 is 34.7 Å². The van der Waals surface area contributed by atoms with Crippen LogP contribution >= 0.6 is 23.5 Å². The third kappa shape index (κ3) is 5.98. The van der Waals surface area contributed by atoms with E-state index in [1.54, 1.807) is 12.1 Å². The lowest BCUT2D eigenvalue weighted by Crippen LogP contribution is -2.27. The highest BCUT2D eigenvalue weighted by Gasteiger charge is 2.42. The molecule has 4 nitrogen and oxygen atoms in total. The van der Waals surface area contributed by atoms with Crippen LogP contribution in [-0.2, 0) is 12.8 Å². The summed E-state index contributed by atoms with van der Waals surface area (Å²) in [6.45, 7) is 15.0. The van der Waals surface area contributed by atoms with Gasteiger partial charge in [-0.3, -0.25) is 0 Å². The van der Waals surface area contributed by atoms with Gasteiger partial charge in [0.1, 0.15) is 42.5 Å². The maximum Gasteiger partial charge on any atom is 0.523 e. The van der Waals surface area contributed by atoms with Crippen LogP contribution in [0.2, 0.25) is 0 Å². The molecule has 0 aromatic heterocycles. The van der Waals surface area contributed by atoms with Crippen molar-refractivity contribution in [1.29, 1.82) is 10.5 Å². The van der Waals surface area contributed by atoms with Gasteiger partial charge in [-0.2, -0.15) is 46.6 Å². The monoisotopic (exact) mass is 668 g/mol. The van der Waals surface area contributed by atoms with Gasteiger partial charge in [-0.15, -0.1) is 0 Å². The summed E-state index contributed by atoms with van der Waals surface area (Å²) in [5.41, 5.74) is -12.3. The lowest BCUT2D eigenvalue weighted by Gasteiger charge is -2.17. The second-order valence-corrected chi connectivity index (χ2v) is 11.8. The molecule has 0 spiro atoms. The fourth-order valence-electron chi connectivity index (χ4n) is 5.61. The highest BCUT2D eigenvalue weighted by Crippen LogP contribution is 2.47. The molecule has 2 aliphatic carbocycles. The molecule has 0 unspecified atom stereocenters. The standard InChI is InChI=1S/C32H12F8N4S2/c1-43-30(44-2)23-12-22-27(25(23)16-6-4-8-19(34)10-16)28(45-31(35,36)37)21-11-20(17(13-41)14-42)24(15-5-3-7-18(33)9-15)26(21)29(22)46-32(38,39)40/h3-10H,11-12H2. The minimum atomic E-state index is -5.03. The van der Waals surface area contributed by atoms with Crippen molar-refractivity contribution in [3.8, 4) is 12.1 Å². The third-order valence-corrected chi connectivity index (χ3v) is 8.86. The molecule has 0 aliphatic heterocycles. The Morgan fingerprint density at radius 3 is 1.48 bits per heavy atom. The highest BCUT2D eigenvalue weighted by atomic mass is 32.2. The third-order valence-electron chi connectivity index (χ3n) is 7.09. The summed E-state index contributed by atoms with van der Waals surface area (Å²) in [4.78, 5) is 5.12. The molecule has 3 aromatic carbocycles. The topological polar surface area (TPSA) is 56.3 Å². The maximum atomic E-state index is 14.5. The number of thioether (sulfide) groups is 2. The minimum absolute atomic E-state index is 0.0803. The molecule has 14 heteroatoms. The number of nitriles is 2. The van der Waals surface area contributed by atoms with Crippen molar-refractivity contribution in [2.45, 2.75) is 33.6 Å². The Hall–Kier alpha value is -5.02. The molecular weight excluding hydrogens is 656 g/mol. The van der Waals surface area contributed by atoms with Crippen molar-refractivity contribution in [3.05, 3.63) is 138 Å². The van der Waals surface area contributed by atoms with E-state index in [-0.39, 0.29) is 55.0 Å². The Morgan fingerprint density at radius 2 is 1.11 bits per heavy atom. The second kappa shape index (κ2) is 12.1. The zero-order valence-electron chi connectivity index (χ0n) is 22.7. The van der Waals surface area contributed by atoms with Crippen LogP contribution in [0.3, 0.4) is 0 Å². The average molecular weight is 669 g/mol. The van der Waals surface area contributed by atoms with Crippen LogP contribution in [0.5, 0.6) is 0 Å². The first-order chi connectivity index (χ1) is 21.7.